The highest BCUT2D eigenvalue weighted by atomic mass is 16.1. The molecule has 0 aromatic heterocycles. The lowest BCUT2D eigenvalue weighted by molar-refractivity contribution is -0.111. The number of hydrogen-bond acceptors (Lipinski definition) is 1. The molecule has 0 saturated heterocycles. The highest BCUT2D eigenvalue weighted by Crippen LogP contribution is 2.45. The molecule has 0 heterocycles. The number of carbonyl (C=O) groups is 1. The van der Waals surface area contributed by atoms with E-state index >= 15 is 0 Å². The van der Waals surface area contributed by atoms with Gasteiger partial charge in [-0.3, -0.25) is 4.79 Å². The van der Waals surface area contributed by atoms with E-state index in [4.69, 9.17) is 0 Å². The Balaban J connectivity index is 1.98. The van der Waals surface area contributed by atoms with Crippen molar-refractivity contribution in [3.8, 4) is 0 Å². The van der Waals surface area contributed by atoms with Crippen molar-refractivity contribution in [1.82, 2.24) is 0 Å². The van der Waals surface area contributed by atoms with E-state index in [1.54, 1.807) is 0 Å². The lowest BCUT2D eigenvalue weighted by Crippen LogP contribution is -2.31. The average molecular weight is 389 g/mol. The standard InChI is InChI=1S/C28H23NO/c1-2-27(30)29-26-20-18-25(19-21-26)28(22-12-6-3-7-13-22,23-14-8-4-9-15-23)24-16-10-5-11-17-24/h2-21H,1H2,(H,29,30). The van der Waals surface area contributed by atoms with E-state index in [0.717, 1.165) is 11.3 Å². The van der Waals surface area contributed by atoms with Crippen molar-refractivity contribution in [2.75, 3.05) is 5.32 Å². The van der Waals surface area contributed by atoms with Crippen LogP contribution in [-0.2, 0) is 10.2 Å². The van der Waals surface area contributed by atoms with E-state index in [0.29, 0.717) is 0 Å². The Kier molecular flexibility index (Phi) is 5.58. The third kappa shape index (κ3) is 3.56. The minimum Gasteiger partial charge on any atom is -0.323 e. The first-order valence-electron chi connectivity index (χ1n) is 9.95. The number of nitrogens with one attached hydrogen (secondary N) is 1. The van der Waals surface area contributed by atoms with Gasteiger partial charge in [0, 0.05) is 5.69 Å². The van der Waals surface area contributed by atoms with Crippen molar-refractivity contribution < 1.29 is 4.79 Å². The lowest BCUT2D eigenvalue weighted by atomic mass is 9.65. The van der Waals surface area contributed by atoms with Gasteiger partial charge in [-0.25, -0.2) is 0 Å². The van der Waals surface area contributed by atoms with E-state index in [9.17, 15) is 4.79 Å². The molecule has 146 valence electrons. The van der Waals surface area contributed by atoms with Crippen LogP contribution in [0, 0.1) is 0 Å². The molecule has 4 rings (SSSR count). The fourth-order valence-electron chi connectivity index (χ4n) is 4.06. The maximum absolute atomic E-state index is 11.7. The summed E-state index contributed by atoms with van der Waals surface area (Å²) in [4.78, 5) is 11.7. The molecule has 2 heteroatoms. The Labute approximate surface area is 177 Å². The minimum atomic E-state index is -0.481. The second-order valence-corrected chi connectivity index (χ2v) is 7.12. The SMILES string of the molecule is C=CC(=O)Nc1ccc(C(c2ccccc2)(c2ccccc2)c2ccccc2)cc1. The van der Waals surface area contributed by atoms with Gasteiger partial charge in [-0.2, -0.15) is 0 Å². The van der Waals surface area contributed by atoms with Crippen molar-refractivity contribution in [2.45, 2.75) is 5.41 Å². The molecule has 2 nitrogen and oxygen atoms in total. The van der Waals surface area contributed by atoms with Gasteiger partial charge in [0.25, 0.3) is 0 Å². The first kappa shape index (κ1) is 19.4. The summed E-state index contributed by atoms with van der Waals surface area (Å²) in [5, 5.41) is 2.83. The zero-order valence-corrected chi connectivity index (χ0v) is 16.7. The first-order valence-corrected chi connectivity index (χ1v) is 9.95. The van der Waals surface area contributed by atoms with Crippen LogP contribution in [0.15, 0.2) is 128 Å². The van der Waals surface area contributed by atoms with Gasteiger partial charge in [-0.05, 0) is 40.5 Å². The normalized spacial score (nSPS) is 10.9. The number of benzene rings is 4. The summed E-state index contributed by atoms with van der Waals surface area (Å²) >= 11 is 0. The van der Waals surface area contributed by atoms with Crippen molar-refractivity contribution in [3.05, 3.63) is 150 Å². The van der Waals surface area contributed by atoms with Crippen LogP contribution in [0.25, 0.3) is 0 Å². The van der Waals surface area contributed by atoms with Gasteiger partial charge in [0.15, 0.2) is 0 Å². The second-order valence-electron chi connectivity index (χ2n) is 7.12. The van der Waals surface area contributed by atoms with E-state index in [1.165, 1.54) is 22.8 Å². The van der Waals surface area contributed by atoms with Gasteiger partial charge in [-0.15, -0.1) is 0 Å². The van der Waals surface area contributed by atoms with Crippen LogP contribution in [0.3, 0.4) is 0 Å². The molecule has 0 atom stereocenters. The Morgan fingerprint density at radius 2 is 0.967 bits per heavy atom. The van der Waals surface area contributed by atoms with Gasteiger partial charge >= 0.3 is 0 Å². The lowest BCUT2D eigenvalue weighted by Gasteiger charge is -2.37. The molecule has 0 radical (unpaired) electrons. The molecule has 0 spiro atoms. The topological polar surface area (TPSA) is 29.1 Å². The molecule has 1 amide bonds. The maximum atomic E-state index is 11.7. The molecule has 0 unspecified atom stereocenters. The van der Waals surface area contributed by atoms with Crippen LogP contribution in [0.5, 0.6) is 0 Å². The molecule has 30 heavy (non-hydrogen) atoms. The largest absolute Gasteiger partial charge is 0.323 e. The predicted octanol–water partition coefficient (Wildman–Crippen LogP) is 6.19. The van der Waals surface area contributed by atoms with Crippen molar-refractivity contribution in [1.29, 1.82) is 0 Å². The van der Waals surface area contributed by atoms with Crippen LogP contribution in [0.2, 0.25) is 0 Å². The molecule has 0 aliphatic carbocycles. The maximum Gasteiger partial charge on any atom is 0.247 e. The van der Waals surface area contributed by atoms with E-state index < -0.39 is 5.41 Å². The summed E-state index contributed by atoms with van der Waals surface area (Å²) in [6.07, 6.45) is 1.27. The molecule has 0 bridgehead atoms. The predicted molar refractivity (Wildman–Crippen MR) is 124 cm³/mol. The Bertz CT molecular complexity index is 1020. The summed E-state index contributed by atoms with van der Waals surface area (Å²) in [7, 11) is 0. The number of rotatable bonds is 6. The van der Waals surface area contributed by atoms with E-state index in [2.05, 4.69) is 96.8 Å². The molecule has 0 aliphatic heterocycles. The number of hydrogen-bond donors (Lipinski definition) is 1. The zero-order chi connectivity index (χ0) is 20.8. The average Bonchev–Trinajstić information content (AvgIpc) is 2.83. The van der Waals surface area contributed by atoms with Crippen LogP contribution < -0.4 is 5.32 Å². The molecule has 4 aromatic carbocycles. The van der Waals surface area contributed by atoms with Gasteiger partial charge in [-0.1, -0.05) is 110 Å². The summed E-state index contributed by atoms with van der Waals surface area (Å²) in [6, 6.07) is 39.7. The number of carbonyl (C=O) groups excluding carboxylic acids is 1. The van der Waals surface area contributed by atoms with E-state index in [-0.39, 0.29) is 5.91 Å². The van der Waals surface area contributed by atoms with Crippen molar-refractivity contribution in [2.24, 2.45) is 0 Å². The molecule has 4 aromatic rings. The monoisotopic (exact) mass is 389 g/mol. The minimum absolute atomic E-state index is 0.219. The summed E-state index contributed by atoms with van der Waals surface area (Å²) in [5.74, 6) is -0.219. The smallest absolute Gasteiger partial charge is 0.247 e. The highest BCUT2D eigenvalue weighted by molar-refractivity contribution is 5.98. The van der Waals surface area contributed by atoms with E-state index in [1.807, 2.05) is 30.3 Å². The number of amides is 1. The molecular formula is C28H23NO. The van der Waals surface area contributed by atoms with Gasteiger partial charge in [0.2, 0.25) is 5.91 Å². The highest BCUT2D eigenvalue weighted by Gasteiger charge is 2.38. The molecule has 0 fully saturated rings. The zero-order valence-electron chi connectivity index (χ0n) is 16.7. The van der Waals surface area contributed by atoms with Crippen LogP contribution >= 0.6 is 0 Å². The van der Waals surface area contributed by atoms with Crippen LogP contribution in [-0.4, -0.2) is 5.91 Å². The Hall–Kier alpha value is -3.91. The molecule has 0 saturated carbocycles. The fourth-order valence-corrected chi connectivity index (χ4v) is 4.06. The molecule has 0 aliphatic rings. The third-order valence-corrected chi connectivity index (χ3v) is 5.39. The Morgan fingerprint density at radius 3 is 1.33 bits per heavy atom. The quantitative estimate of drug-likeness (QED) is 0.309. The van der Waals surface area contributed by atoms with Crippen LogP contribution in [0.1, 0.15) is 22.3 Å². The summed E-state index contributed by atoms with van der Waals surface area (Å²) < 4.78 is 0. The van der Waals surface area contributed by atoms with Gasteiger partial charge in [0.05, 0.1) is 5.41 Å². The van der Waals surface area contributed by atoms with Crippen molar-refractivity contribution >= 4 is 11.6 Å². The number of anilines is 1. The molecular weight excluding hydrogens is 366 g/mol. The summed E-state index contributed by atoms with van der Waals surface area (Å²) in [5.41, 5.74) is 4.94. The van der Waals surface area contributed by atoms with Crippen molar-refractivity contribution in [3.63, 3.8) is 0 Å². The fraction of sp³-hybridized carbons (Fsp3) is 0.0357. The summed E-state index contributed by atoms with van der Waals surface area (Å²) in [6.45, 7) is 3.52. The Morgan fingerprint density at radius 1 is 0.600 bits per heavy atom. The third-order valence-electron chi connectivity index (χ3n) is 5.39. The molecule has 1 N–H and O–H groups in total. The second kappa shape index (κ2) is 8.62. The van der Waals surface area contributed by atoms with Gasteiger partial charge < -0.3 is 5.32 Å². The van der Waals surface area contributed by atoms with Crippen LogP contribution in [0.4, 0.5) is 5.69 Å². The van der Waals surface area contributed by atoms with Gasteiger partial charge in [0.1, 0.15) is 0 Å². The first-order chi connectivity index (χ1) is 14.7.